The number of nitrogens with one attached hydrogen (secondary N) is 1. The van der Waals surface area contributed by atoms with Crippen LogP contribution < -0.4 is 16.8 Å². The van der Waals surface area contributed by atoms with Crippen LogP contribution in [-0.2, 0) is 9.59 Å². The molecular formula is C8H16N4O3. The van der Waals surface area contributed by atoms with Crippen molar-refractivity contribution in [1.29, 1.82) is 0 Å². The molecule has 0 bridgehead atoms. The van der Waals surface area contributed by atoms with E-state index in [2.05, 4.69) is 10.3 Å². The highest BCUT2D eigenvalue weighted by atomic mass is 16.4. The molecule has 0 radical (unpaired) electrons. The van der Waals surface area contributed by atoms with Gasteiger partial charge < -0.3 is 21.9 Å². The second-order valence-electron chi connectivity index (χ2n) is 3.04. The van der Waals surface area contributed by atoms with Crippen molar-refractivity contribution in [2.45, 2.75) is 25.8 Å². The molecule has 1 atom stereocenters. The number of carbonyl (C=O) groups excluding carboxylic acids is 1. The SMILES string of the molecule is CC(=O)[15NH][C@@H](CCCN=C(N)N)C(=O)O. The van der Waals surface area contributed by atoms with Crippen LogP contribution in [0.15, 0.2) is 4.99 Å². The van der Waals surface area contributed by atoms with Crippen LogP contribution in [0.3, 0.4) is 0 Å². The molecule has 1 amide bonds. The predicted molar refractivity (Wildman–Crippen MR) is 55.2 cm³/mol. The highest BCUT2D eigenvalue weighted by molar-refractivity contribution is 5.82. The number of carboxylic acids is 1. The van der Waals surface area contributed by atoms with Crippen LogP contribution in [0.25, 0.3) is 0 Å². The van der Waals surface area contributed by atoms with Crippen molar-refractivity contribution in [2.75, 3.05) is 6.54 Å². The van der Waals surface area contributed by atoms with Crippen molar-refractivity contribution in [2.24, 2.45) is 16.5 Å². The summed E-state index contributed by atoms with van der Waals surface area (Å²) < 4.78 is 0. The number of carbonyl (C=O) groups is 2. The lowest BCUT2D eigenvalue weighted by molar-refractivity contribution is -0.141. The Hall–Kier alpha value is -1.79. The summed E-state index contributed by atoms with van der Waals surface area (Å²) in [7, 11) is 0. The van der Waals surface area contributed by atoms with E-state index in [0.29, 0.717) is 19.4 Å². The number of carboxylic acid groups (broad SMARTS) is 1. The maximum Gasteiger partial charge on any atom is 0.326 e. The topological polar surface area (TPSA) is 131 Å². The molecule has 0 aromatic rings. The molecule has 0 aliphatic rings. The van der Waals surface area contributed by atoms with Gasteiger partial charge in [0.2, 0.25) is 5.91 Å². The van der Waals surface area contributed by atoms with Crippen LogP contribution in [-0.4, -0.2) is 35.5 Å². The molecule has 0 aromatic heterocycles. The molecular weight excluding hydrogens is 201 g/mol. The molecule has 0 saturated heterocycles. The molecule has 0 aliphatic carbocycles. The molecule has 0 aromatic carbocycles. The van der Waals surface area contributed by atoms with Gasteiger partial charge in [0.25, 0.3) is 0 Å². The summed E-state index contributed by atoms with van der Waals surface area (Å²) in [4.78, 5) is 25.0. The molecule has 15 heavy (non-hydrogen) atoms. The lowest BCUT2D eigenvalue weighted by Crippen LogP contribution is -2.39. The summed E-state index contributed by atoms with van der Waals surface area (Å²) in [6.07, 6.45) is 0.792. The Balaban J connectivity index is 3.92. The summed E-state index contributed by atoms with van der Waals surface area (Å²) in [5.41, 5.74) is 10.2. The molecule has 0 unspecified atom stereocenters. The summed E-state index contributed by atoms with van der Waals surface area (Å²) in [5, 5.41) is 11.0. The Morgan fingerprint density at radius 3 is 2.47 bits per heavy atom. The number of nitrogens with two attached hydrogens (primary N) is 2. The highest BCUT2D eigenvalue weighted by Crippen LogP contribution is 1.98. The average Bonchev–Trinajstić information content (AvgIpc) is 2.08. The molecule has 0 spiro atoms. The maximum absolute atomic E-state index is 10.7. The van der Waals surface area contributed by atoms with Gasteiger partial charge in [0.15, 0.2) is 5.96 Å². The van der Waals surface area contributed by atoms with Gasteiger partial charge in [0.1, 0.15) is 6.04 Å². The fourth-order valence-electron chi connectivity index (χ4n) is 1.01. The van der Waals surface area contributed by atoms with Crippen molar-refractivity contribution in [3.05, 3.63) is 0 Å². The quantitative estimate of drug-likeness (QED) is 0.189. The number of aliphatic carboxylic acids is 1. The normalized spacial score (nSPS) is 11.5. The van der Waals surface area contributed by atoms with Crippen LogP contribution in [0.5, 0.6) is 0 Å². The minimum Gasteiger partial charge on any atom is -0.480 e. The van der Waals surface area contributed by atoms with Gasteiger partial charge in [0, 0.05) is 13.5 Å². The number of hydrogen-bond donors (Lipinski definition) is 4. The van der Waals surface area contributed by atoms with Crippen molar-refractivity contribution in [3.63, 3.8) is 0 Å². The van der Waals surface area contributed by atoms with E-state index >= 15 is 0 Å². The maximum atomic E-state index is 10.7. The fourth-order valence-corrected chi connectivity index (χ4v) is 1.01. The van der Waals surface area contributed by atoms with E-state index in [1.807, 2.05) is 0 Å². The number of rotatable bonds is 6. The molecule has 0 saturated carbocycles. The number of guanidine groups is 1. The molecule has 0 rings (SSSR count). The van der Waals surface area contributed by atoms with Crippen LogP contribution in [0.4, 0.5) is 0 Å². The highest BCUT2D eigenvalue weighted by Gasteiger charge is 2.17. The second-order valence-corrected chi connectivity index (χ2v) is 3.04. The minimum absolute atomic E-state index is 0.0265. The first kappa shape index (κ1) is 13.2. The van der Waals surface area contributed by atoms with Crippen LogP contribution >= 0.6 is 0 Å². The molecule has 6 N–H and O–H groups in total. The van der Waals surface area contributed by atoms with E-state index in [-0.39, 0.29) is 11.9 Å². The molecule has 7 nitrogen and oxygen atoms in total. The van der Waals surface area contributed by atoms with Crippen LogP contribution in [0.2, 0.25) is 0 Å². The van der Waals surface area contributed by atoms with E-state index in [1.54, 1.807) is 0 Å². The zero-order chi connectivity index (χ0) is 11.8. The first-order chi connectivity index (χ1) is 6.93. The van der Waals surface area contributed by atoms with Crippen molar-refractivity contribution in [1.82, 2.24) is 5.32 Å². The first-order valence-electron chi connectivity index (χ1n) is 4.48. The molecule has 0 heterocycles. The lowest BCUT2D eigenvalue weighted by atomic mass is 10.2. The first-order valence-corrected chi connectivity index (χ1v) is 4.48. The summed E-state index contributed by atoms with van der Waals surface area (Å²) in [5.74, 6) is -1.46. The summed E-state index contributed by atoms with van der Waals surface area (Å²) >= 11 is 0. The van der Waals surface area contributed by atoms with E-state index in [9.17, 15) is 9.59 Å². The Kier molecular flexibility index (Phi) is 5.84. The van der Waals surface area contributed by atoms with Crippen LogP contribution in [0.1, 0.15) is 19.8 Å². The monoisotopic (exact) mass is 217 g/mol. The fraction of sp³-hybridized carbons (Fsp3) is 0.625. The van der Waals surface area contributed by atoms with Gasteiger partial charge in [-0.05, 0) is 12.8 Å². The van der Waals surface area contributed by atoms with Crippen molar-refractivity contribution < 1.29 is 14.7 Å². The Morgan fingerprint density at radius 2 is 2.07 bits per heavy atom. The number of aliphatic imine (C=N–C) groups is 1. The van der Waals surface area contributed by atoms with Crippen molar-refractivity contribution >= 4 is 17.8 Å². The Morgan fingerprint density at radius 1 is 1.47 bits per heavy atom. The van der Waals surface area contributed by atoms with Gasteiger partial charge in [-0.3, -0.25) is 9.79 Å². The Labute approximate surface area is 87.5 Å². The Bertz CT molecular complexity index is 261. The third kappa shape index (κ3) is 7.29. The zero-order valence-electron chi connectivity index (χ0n) is 8.56. The molecule has 7 heteroatoms. The number of amides is 1. The average molecular weight is 217 g/mol. The van der Waals surface area contributed by atoms with E-state index in [4.69, 9.17) is 16.6 Å². The van der Waals surface area contributed by atoms with Gasteiger partial charge in [-0.2, -0.15) is 0 Å². The van der Waals surface area contributed by atoms with Crippen LogP contribution in [0, 0.1) is 0 Å². The summed E-state index contributed by atoms with van der Waals surface area (Å²) in [6, 6.07) is -0.878. The summed E-state index contributed by atoms with van der Waals surface area (Å²) in [6.45, 7) is 1.62. The smallest absolute Gasteiger partial charge is 0.326 e. The second kappa shape index (κ2) is 6.63. The molecule has 0 fully saturated rings. The van der Waals surface area contributed by atoms with E-state index in [0.717, 1.165) is 0 Å². The van der Waals surface area contributed by atoms with Gasteiger partial charge in [-0.25, -0.2) is 4.79 Å². The van der Waals surface area contributed by atoms with Gasteiger partial charge >= 0.3 is 5.97 Å². The molecule has 0 aliphatic heterocycles. The zero-order valence-corrected chi connectivity index (χ0v) is 8.56. The standard InChI is InChI=1S/C8H16N4O3/c1-5(13)12-6(7(14)15)3-2-4-11-8(9)10/h6H,2-4H2,1H3,(H,12,13)(H,14,15)(H4,9,10,11)/t6-/m0/s1/i12+1. The minimum atomic E-state index is -1.06. The van der Waals surface area contributed by atoms with Gasteiger partial charge in [0.05, 0.1) is 0 Å². The van der Waals surface area contributed by atoms with E-state index < -0.39 is 12.0 Å². The van der Waals surface area contributed by atoms with E-state index in [1.165, 1.54) is 6.92 Å². The third-order valence-electron chi connectivity index (χ3n) is 1.62. The van der Waals surface area contributed by atoms with Gasteiger partial charge in [-0.15, -0.1) is 0 Å². The largest absolute Gasteiger partial charge is 0.480 e. The lowest BCUT2D eigenvalue weighted by Gasteiger charge is -2.11. The van der Waals surface area contributed by atoms with Crippen molar-refractivity contribution in [3.8, 4) is 0 Å². The predicted octanol–water partition coefficient (Wildman–Crippen LogP) is -1.37. The van der Waals surface area contributed by atoms with Gasteiger partial charge in [-0.1, -0.05) is 0 Å². The molecule has 86 valence electrons. The third-order valence-corrected chi connectivity index (χ3v) is 1.62. The number of nitrogens with zero attached hydrogens (tertiary/aromatic N) is 1. The number of hydrogen-bond acceptors (Lipinski definition) is 3.